The number of aromatic carboxylic acids is 1. The first-order valence-corrected chi connectivity index (χ1v) is 6.51. The molecule has 0 fully saturated rings. The lowest BCUT2D eigenvalue weighted by Crippen LogP contribution is -1.91. The molecule has 0 spiro atoms. The second-order valence-electron chi connectivity index (χ2n) is 4.78. The molecule has 1 heterocycles. The maximum Gasteiger partial charge on any atom is 0.374 e. The molecule has 0 aliphatic rings. The molecule has 0 bridgehead atoms. The molecule has 0 saturated heterocycles. The van der Waals surface area contributed by atoms with Crippen molar-refractivity contribution in [2.75, 3.05) is 0 Å². The van der Waals surface area contributed by atoms with E-state index in [4.69, 9.17) is 9.63 Å². The van der Waals surface area contributed by atoms with Crippen LogP contribution in [0.15, 0.2) is 59.1 Å². The zero-order valence-corrected chi connectivity index (χ0v) is 11.4. The minimum Gasteiger partial charge on any atom is -0.475 e. The van der Waals surface area contributed by atoms with Crippen LogP contribution in [-0.2, 0) is 0 Å². The van der Waals surface area contributed by atoms with Crippen LogP contribution in [0.2, 0.25) is 0 Å². The van der Waals surface area contributed by atoms with Crippen molar-refractivity contribution in [3.05, 3.63) is 65.9 Å². The Kier molecular flexibility index (Phi) is 3.28. The monoisotopic (exact) mass is 279 g/mol. The van der Waals surface area contributed by atoms with Gasteiger partial charge in [0.05, 0.1) is 0 Å². The lowest BCUT2D eigenvalue weighted by Gasteiger charge is -2.07. The normalized spacial score (nSPS) is 10.5. The van der Waals surface area contributed by atoms with Gasteiger partial charge in [0.15, 0.2) is 0 Å². The largest absolute Gasteiger partial charge is 0.475 e. The zero-order chi connectivity index (χ0) is 14.8. The predicted molar refractivity (Wildman–Crippen MR) is 79.1 cm³/mol. The third kappa shape index (κ3) is 2.56. The molecule has 3 aromatic rings. The molecule has 104 valence electrons. The smallest absolute Gasteiger partial charge is 0.374 e. The maximum absolute atomic E-state index is 10.9. The maximum atomic E-state index is 10.9. The van der Waals surface area contributed by atoms with E-state index >= 15 is 0 Å². The number of nitrogens with zero attached hydrogens (tertiary/aromatic N) is 1. The summed E-state index contributed by atoms with van der Waals surface area (Å²) in [6.45, 7) is 2.04. The van der Waals surface area contributed by atoms with Crippen LogP contribution in [0.25, 0.3) is 22.4 Å². The molecule has 0 aliphatic heterocycles. The number of benzene rings is 2. The summed E-state index contributed by atoms with van der Waals surface area (Å²) < 4.78 is 4.81. The first kappa shape index (κ1) is 13.1. The molecule has 0 unspecified atom stereocenters. The number of hydrogen-bond donors (Lipinski definition) is 1. The van der Waals surface area contributed by atoms with Gasteiger partial charge >= 0.3 is 5.97 Å². The highest BCUT2D eigenvalue weighted by atomic mass is 16.5. The number of aromatic nitrogens is 1. The van der Waals surface area contributed by atoms with E-state index in [9.17, 15) is 4.79 Å². The molecule has 1 aromatic heterocycles. The van der Waals surface area contributed by atoms with Crippen LogP contribution >= 0.6 is 0 Å². The molecular weight excluding hydrogens is 266 g/mol. The minimum atomic E-state index is -1.12. The van der Waals surface area contributed by atoms with Crippen LogP contribution in [0.5, 0.6) is 0 Å². The Labute approximate surface area is 121 Å². The molecule has 0 radical (unpaired) electrons. The zero-order valence-electron chi connectivity index (χ0n) is 11.4. The van der Waals surface area contributed by atoms with Crippen molar-refractivity contribution in [1.29, 1.82) is 0 Å². The van der Waals surface area contributed by atoms with Crippen molar-refractivity contribution in [3.8, 4) is 22.4 Å². The molecule has 2 aromatic carbocycles. The Morgan fingerprint density at radius 1 is 1.05 bits per heavy atom. The number of carbonyl (C=O) groups is 1. The van der Waals surface area contributed by atoms with Gasteiger partial charge in [0.25, 0.3) is 0 Å². The number of carboxylic acid groups (broad SMARTS) is 1. The van der Waals surface area contributed by atoms with E-state index in [0.29, 0.717) is 5.69 Å². The lowest BCUT2D eigenvalue weighted by atomic mass is 9.97. The van der Waals surface area contributed by atoms with Gasteiger partial charge in [0.2, 0.25) is 5.76 Å². The predicted octanol–water partition coefficient (Wildman–Crippen LogP) is 4.02. The van der Waals surface area contributed by atoms with E-state index in [1.165, 1.54) is 6.07 Å². The SMILES string of the molecule is Cc1ccc(-c2cc(C(=O)O)on2)cc1-c1ccccc1. The van der Waals surface area contributed by atoms with Crippen molar-refractivity contribution in [3.63, 3.8) is 0 Å². The van der Waals surface area contributed by atoms with E-state index in [1.54, 1.807) is 0 Å². The van der Waals surface area contributed by atoms with Gasteiger partial charge in [-0.1, -0.05) is 47.6 Å². The molecule has 21 heavy (non-hydrogen) atoms. The second kappa shape index (κ2) is 5.25. The van der Waals surface area contributed by atoms with E-state index in [1.807, 2.05) is 55.5 Å². The highest BCUT2D eigenvalue weighted by Crippen LogP contribution is 2.29. The van der Waals surface area contributed by atoms with Gasteiger partial charge in [-0.15, -0.1) is 0 Å². The van der Waals surface area contributed by atoms with Crippen molar-refractivity contribution in [2.45, 2.75) is 6.92 Å². The summed E-state index contributed by atoms with van der Waals surface area (Å²) in [6.07, 6.45) is 0. The van der Waals surface area contributed by atoms with Crippen LogP contribution in [0.1, 0.15) is 16.1 Å². The Bertz CT molecular complexity index is 791. The molecule has 4 nitrogen and oxygen atoms in total. The van der Waals surface area contributed by atoms with E-state index < -0.39 is 5.97 Å². The highest BCUT2D eigenvalue weighted by molar-refractivity contribution is 5.86. The third-order valence-corrected chi connectivity index (χ3v) is 3.34. The minimum absolute atomic E-state index is 0.160. The summed E-state index contributed by atoms with van der Waals surface area (Å²) in [4.78, 5) is 10.9. The molecule has 3 rings (SSSR count). The Morgan fingerprint density at radius 2 is 1.81 bits per heavy atom. The van der Waals surface area contributed by atoms with Gasteiger partial charge < -0.3 is 9.63 Å². The van der Waals surface area contributed by atoms with Crippen molar-refractivity contribution in [1.82, 2.24) is 5.16 Å². The van der Waals surface area contributed by atoms with Crippen molar-refractivity contribution < 1.29 is 14.4 Å². The Hall–Kier alpha value is -2.88. The molecule has 0 amide bonds. The molecule has 1 N–H and O–H groups in total. The van der Waals surface area contributed by atoms with Crippen LogP contribution in [0.3, 0.4) is 0 Å². The van der Waals surface area contributed by atoms with Crippen molar-refractivity contribution >= 4 is 5.97 Å². The fraction of sp³-hybridized carbons (Fsp3) is 0.0588. The van der Waals surface area contributed by atoms with Crippen LogP contribution in [0, 0.1) is 6.92 Å². The molecule has 0 atom stereocenters. The summed E-state index contributed by atoms with van der Waals surface area (Å²) >= 11 is 0. The first-order chi connectivity index (χ1) is 10.1. The molecule has 4 heteroatoms. The number of hydrogen-bond acceptors (Lipinski definition) is 3. The van der Waals surface area contributed by atoms with Crippen molar-refractivity contribution in [2.24, 2.45) is 0 Å². The summed E-state index contributed by atoms with van der Waals surface area (Å²) in [5, 5.41) is 12.7. The van der Waals surface area contributed by atoms with E-state index in [0.717, 1.165) is 22.3 Å². The Balaban J connectivity index is 2.07. The van der Waals surface area contributed by atoms with Gasteiger partial charge in [0.1, 0.15) is 5.69 Å². The Morgan fingerprint density at radius 3 is 2.48 bits per heavy atom. The average Bonchev–Trinajstić information content (AvgIpc) is 2.99. The van der Waals surface area contributed by atoms with Crippen LogP contribution in [-0.4, -0.2) is 16.2 Å². The van der Waals surface area contributed by atoms with E-state index in [-0.39, 0.29) is 5.76 Å². The summed E-state index contributed by atoms with van der Waals surface area (Å²) in [7, 11) is 0. The number of aryl methyl sites for hydroxylation is 1. The van der Waals surface area contributed by atoms with Crippen LogP contribution < -0.4 is 0 Å². The average molecular weight is 279 g/mol. The van der Waals surface area contributed by atoms with E-state index in [2.05, 4.69) is 5.16 Å². The third-order valence-electron chi connectivity index (χ3n) is 3.34. The summed E-state index contributed by atoms with van der Waals surface area (Å²) in [6, 6.07) is 17.3. The summed E-state index contributed by atoms with van der Waals surface area (Å²) in [5.74, 6) is -1.28. The number of carboxylic acids is 1. The molecule has 0 saturated carbocycles. The fourth-order valence-corrected chi connectivity index (χ4v) is 2.22. The quantitative estimate of drug-likeness (QED) is 0.786. The molecular formula is C17H13NO3. The van der Waals surface area contributed by atoms with Gasteiger partial charge in [-0.05, 0) is 29.7 Å². The van der Waals surface area contributed by atoms with Gasteiger partial charge in [0, 0.05) is 11.6 Å². The standard InChI is InChI=1S/C17H13NO3/c1-11-7-8-13(15-10-16(17(19)20)21-18-15)9-14(11)12-5-3-2-4-6-12/h2-10H,1H3,(H,19,20). The first-order valence-electron chi connectivity index (χ1n) is 6.51. The van der Waals surface area contributed by atoms with Gasteiger partial charge in [-0.25, -0.2) is 4.79 Å². The number of rotatable bonds is 3. The van der Waals surface area contributed by atoms with Gasteiger partial charge in [-0.3, -0.25) is 0 Å². The lowest BCUT2D eigenvalue weighted by molar-refractivity contribution is 0.0652. The van der Waals surface area contributed by atoms with Gasteiger partial charge in [-0.2, -0.15) is 0 Å². The fourth-order valence-electron chi connectivity index (χ4n) is 2.22. The topological polar surface area (TPSA) is 63.3 Å². The van der Waals surface area contributed by atoms with Crippen LogP contribution in [0.4, 0.5) is 0 Å². The summed E-state index contributed by atoms with van der Waals surface area (Å²) in [5.41, 5.74) is 4.69. The molecule has 0 aliphatic carbocycles. The highest BCUT2D eigenvalue weighted by Gasteiger charge is 2.13. The second-order valence-corrected chi connectivity index (χ2v) is 4.78.